The highest BCUT2D eigenvalue weighted by atomic mass is 32.2. The first-order valence-corrected chi connectivity index (χ1v) is 9.16. The van der Waals surface area contributed by atoms with Crippen LogP contribution in [0.15, 0.2) is 29.4 Å². The van der Waals surface area contributed by atoms with E-state index in [1.54, 1.807) is 0 Å². The second-order valence-electron chi connectivity index (χ2n) is 5.70. The van der Waals surface area contributed by atoms with Crippen LogP contribution in [0.3, 0.4) is 0 Å². The number of amides is 1. The fourth-order valence-electron chi connectivity index (χ4n) is 2.71. The van der Waals surface area contributed by atoms with E-state index in [4.69, 9.17) is 4.74 Å². The Hall–Kier alpha value is -1.86. The highest BCUT2D eigenvalue weighted by Crippen LogP contribution is 2.24. The van der Waals surface area contributed by atoms with Crippen LogP contribution in [0.1, 0.15) is 12.5 Å². The summed E-state index contributed by atoms with van der Waals surface area (Å²) in [6, 6.07) is 8.22. The van der Waals surface area contributed by atoms with Crippen molar-refractivity contribution in [1.82, 2.24) is 19.7 Å². The normalized spacial score (nSPS) is 14.8. The van der Waals surface area contributed by atoms with Gasteiger partial charge < -0.3 is 14.2 Å². The number of nitrogens with zero attached hydrogens (tertiary/aromatic N) is 4. The van der Waals surface area contributed by atoms with Gasteiger partial charge >= 0.3 is 0 Å². The molecule has 24 heavy (non-hydrogen) atoms. The Morgan fingerprint density at radius 3 is 2.79 bits per heavy atom. The molecule has 1 amide bonds. The number of rotatable bonds is 5. The second-order valence-corrected chi connectivity index (χ2v) is 6.64. The van der Waals surface area contributed by atoms with Gasteiger partial charge in [-0.1, -0.05) is 35.5 Å². The van der Waals surface area contributed by atoms with E-state index in [0.29, 0.717) is 32.1 Å². The van der Waals surface area contributed by atoms with E-state index in [0.717, 1.165) is 23.1 Å². The summed E-state index contributed by atoms with van der Waals surface area (Å²) in [5.74, 6) is 1.36. The molecule has 2 heterocycles. The van der Waals surface area contributed by atoms with Crippen LogP contribution in [-0.2, 0) is 16.1 Å². The zero-order chi connectivity index (χ0) is 16.9. The molecule has 0 spiro atoms. The molecule has 0 N–H and O–H groups in total. The molecule has 1 fully saturated rings. The molecule has 0 atom stereocenters. The Morgan fingerprint density at radius 2 is 2.08 bits per heavy atom. The number of morpholine rings is 1. The van der Waals surface area contributed by atoms with Gasteiger partial charge in [-0.2, -0.15) is 0 Å². The van der Waals surface area contributed by atoms with Crippen molar-refractivity contribution in [3.8, 4) is 11.4 Å². The fraction of sp³-hybridized carbons (Fsp3) is 0.471. The van der Waals surface area contributed by atoms with Gasteiger partial charge in [-0.15, -0.1) is 10.2 Å². The number of ether oxygens (including phenoxy) is 1. The molecule has 1 aromatic carbocycles. The van der Waals surface area contributed by atoms with E-state index in [1.165, 1.54) is 17.3 Å². The molecule has 1 aliphatic heterocycles. The molecule has 1 aromatic heterocycles. The van der Waals surface area contributed by atoms with Crippen LogP contribution in [0.5, 0.6) is 0 Å². The number of hydrogen-bond donors (Lipinski definition) is 0. The molecule has 0 aliphatic carbocycles. The molecule has 0 radical (unpaired) electrons. The molecule has 3 rings (SSSR count). The third-order valence-electron chi connectivity index (χ3n) is 4.00. The van der Waals surface area contributed by atoms with Crippen LogP contribution in [0.2, 0.25) is 0 Å². The predicted octanol–water partition coefficient (Wildman–Crippen LogP) is 2.22. The number of hydrogen-bond acceptors (Lipinski definition) is 5. The first-order chi connectivity index (χ1) is 11.7. The molecular formula is C17H22N4O2S. The van der Waals surface area contributed by atoms with Crippen molar-refractivity contribution >= 4 is 17.7 Å². The van der Waals surface area contributed by atoms with Crippen molar-refractivity contribution in [3.05, 3.63) is 29.8 Å². The maximum Gasteiger partial charge on any atom is 0.233 e. The van der Waals surface area contributed by atoms with Gasteiger partial charge in [0, 0.05) is 25.2 Å². The number of carbonyl (C=O) groups is 1. The molecule has 0 saturated carbocycles. The number of aryl methyl sites for hydroxylation is 1. The average molecular weight is 346 g/mol. The maximum atomic E-state index is 12.3. The van der Waals surface area contributed by atoms with E-state index >= 15 is 0 Å². The first-order valence-electron chi connectivity index (χ1n) is 8.17. The van der Waals surface area contributed by atoms with Crippen LogP contribution in [0, 0.1) is 6.92 Å². The molecule has 1 aliphatic rings. The Labute approximate surface area is 146 Å². The summed E-state index contributed by atoms with van der Waals surface area (Å²) in [4.78, 5) is 14.1. The highest BCUT2D eigenvalue weighted by molar-refractivity contribution is 7.99. The van der Waals surface area contributed by atoms with Crippen LogP contribution >= 0.6 is 11.8 Å². The van der Waals surface area contributed by atoms with Crippen molar-refractivity contribution < 1.29 is 9.53 Å². The largest absolute Gasteiger partial charge is 0.378 e. The van der Waals surface area contributed by atoms with Gasteiger partial charge in [-0.05, 0) is 19.9 Å². The molecule has 2 aromatic rings. The summed E-state index contributed by atoms with van der Waals surface area (Å²) in [5.41, 5.74) is 2.24. The second kappa shape index (κ2) is 7.81. The van der Waals surface area contributed by atoms with E-state index in [1.807, 2.05) is 17.0 Å². The molecule has 1 saturated heterocycles. The zero-order valence-electron chi connectivity index (χ0n) is 14.1. The molecule has 0 bridgehead atoms. The van der Waals surface area contributed by atoms with Gasteiger partial charge in [-0.3, -0.25) is 4.79 Å². The standard InChI is InChI=1S/C17H22N4O2S/c1-3-21-16(14-6-4-5-13(2)11-14)18-19-17(21)24-12-15(22)20-7-9-23-10-8-20/h4-6,11H,3,7-10,12H2,1-2H3. The lowest BCUT2D eigenvalue weighted by Gasteiger charge is -2.26. The van der Waals surface area contributed by atoms with E-state index < -0.39 is 0 Å². The highest BCUT2D eigenvalue weighted by Gasteiger charge is 2.19. The van der Waals surface area contributed by atoms with Gasteiger partial charge in [0.05, 0.1) is 19.0 Å². The topological polar surface area (TPSA) is 60.2 Å². The summed E-state index contributed by atoms with van der Waals surface area (Å²) in [6.45, 7) is 7.49. The van der Waals surface area contributed by atoms with E-state index in [-0.39, 0.29) is 5.91 Å². The molecule has 6 nitrogen and oxygen atoms in total. The Bertz CT molecular complexity index is 710. The SMILES string of the molecule is CCn1c(SCC(=O)N2CCOCC2)nnc1-c1cccc(C)c1. The summed E-state index contributed by atoms with van der Waals surface area (Å²) < 4.78 is 7.35. The number of carbonyl (C=O) groups excluding carboxylic acids is 1. The smallest absolute Gasteiger partial charge is 0.233 e. The predicted molar refractivity (Wildman–Crippen MR) is 94.0 cm³/mol. The molecule has 0 unspecified atom stereocenters. The molecule has 128 valence electrons. The fourth-order valence-corrected chi connectivity index (χ4v) is 3.61. The summed E-state index contributed by atoms with van der Waals surface area (Å²) in [5, 5.41) is 9.41. The first kappa shape index (κ1) is 17.0. The summed E-state index contributed by atoms with van der Waals surface area (Å²) in [7, 11) is 0. The lowest BCUT2D eigenvalue weighted by Crippen LogP contribution is -2.41. The van der Waals surface area contributed by atoms with E-state index in [9.17, 15) is 4.79 Å². The minimum absolute atomic E-state index is 0.131. The average Bonchev–Trinajstić information content (AvgIpc) is 3.03. The monoisotopic (exact) mass is 346 g/mol. The van der Waals surface area contributed by atoms with Gasteiger partial charge in [0.15, 0.2) is 11.0 Å². The number of benzene rings is 1. The van der Waals surface area contributed by atoms with Crippen molar-refractivity contribution in [1.29, 1.82) is 0 Å². The Balaban J connectivity index is 1.71. The van der Waals surface area contributed by atoms with Gasteiger partial charge in [0.25, 0.3) is 0 Å². The number of aromatic nitrogens is 3. The minimum atomic E-state index is 0.131. The van der Waals surface area contributed by atoms with Crippen molar-refractivity contribution in [2.45, 2.75) is 25.5 Å². The van der Waals surface area contributed by atoms with Crippen LogP contribution in [0.4, 0.5) is 0 Å². The van der Waals surface area contributed by atoms with Crippen LogP contribution < -0.4 is 0 Å². The van der Waals surface area contributed by atoms with Gasteiger partial charge in [-0.25, -0.2) is 0 Å². The van der Waals surface area contributed by atoms with Gasteiger partial charge in [0.1, 0.15) is 0 Å². The number of thioether (sulfide) groups is 1. The van der Waals surface area contributed by atoms with E-state index in [2.05, 4.69) is 40.7 Å². The van der Waals surface area contributed by atoms with Crippen molar-refractivity contribution in [3.63, 3.8) is 0 Å². The third kappa shape index (κ3) is 3.79. The summed E-state index contributed by atoms with van der Waals surface area (Å²) >= 11 is 1.45. The van der Waals surface area contributed by atoms with Crippen molar-refractivity contribution in [2.24, 2.45) is 0 Å². The quantitative estimate of drug-likeness (QED) is 0.777. The third-order valence-corrected chi connectivity index (χ3v) is 4.95. The lowest BCUT2D eigenvalue weighted by atomic mass is 10.1. The maximum absolute atomic E-state index is 12.3. The molecule has 7 heteroatoms. The Morgan fingerprint density at radius 1 is 1.29 bits per heavy atom. The van der Waals surface area contributed by atoms with Crippen LogP contribution in [-0.4, -0.2) is 57.6 Å². The zero-order valence-corrected chi connectivity index (χ0v) is 14.9. The lowest BCUT2D eigenvalue weighted by molar-refractivity contribution is -0.132. The van der Waals surface area contributed by atoms with Crippen molar-refractivity contribution in [2.75, 3.05) is 32.1 Å². The summed E-state index contributed by atoms with van der Waals surface area (Å²) in [6.07, 6.45) is 0. The van der Waals surface area contributed by atoms with Gasteiger partial charge in [0.2, 0.25) is 5.91 Å². The molecular weight excluding hydrogens is 324 g/mol. The Kier molecular flexibility index (Phi) is 5.52. The van der Waals surface area contributed by atoms with Crippen LogP contribution in [0.25, 0.3) is 11.4 Å². The minimum Gasteiger partial charge on any atom is -0.378 e.